The summed E-state index contributed by atoms with van der Waals surface area (Å²) >= 11 is 0. The molecule has 2 heterocycles. The lowest BCUT2D eigenvalue weighted by atomic mass is 9.68. The van der Waals surface area contributed by atoms with Gasteiger partial charge in [0.1, 0.15) is 5.75 Å². The maximum Gasteiger partial charge on any atom is 0.303 e. The highest BCUT2D eigenvalue weighted by Gasteiger charge is 2.56. The molecule has 1 aromatic rings. The molecule has 0 spiro atoms. The van der Waals surface area contributed by atoms with E-state index < -0.39 is 5.97 Å². The highest BCUT2D eigenvalue weighted by Crippen LogP contribution is 2.50. The van der Waals surface area contributed by atoms with Crippen molar-refractivity contribution < 1.29 is 29.3 Å². The van der Waals surface area contributed by atoms with E-state index in [9.17, 15) is 19.5 Å². The van der Waals surface area contributed by atoms with E-state index in [0.717, 1.165) is 42.4 Å². The largest absolute Gasteiger partial charge is 0.507 e. The monoisotopic (exact) mass is 537 g/mol. The van der Waals surface area contributed by atoms with Crippen molar-refractivity contribution in [1.29, 1.82) is 0 Å². The summed E-state index contributed by atoms with van der Waals surface area (Å²) in [6, 6.07) is 4.00. The van der Waals surface area contributed by atoms with Crippen LogP contribution in [0.4, 0.5) is 0 Å². The van der Waals surface area contributed by atoms with Crippen molar-refractivity contribution in [2.45, 2.75) is 91.6 Å². The zero-order chi connectivity index (χ0) is 28.3. The number of carboxylic acid groups (broad SMARTS) is 1. The van der Waals surface area contributed by atoms with Gasteiger partial charge in [-0.25, -0.2) is 0 Å². The molecule has 4 atom stereocenters. The Labute approximate surface area is 231 Å². The van der Waals surface area contributed by atoms with Crippen molar-refractivity contribution in [1.82, 2.24) is 4.90 Å². The number of amides is 2. The van der Waals surface area contributed by atoms with Gasteiger partial charge in [0.15, 0.2) is 0 Å². The van der Waals surface area contributed by atoms with Crippen LogP contribution >= 0.6 is 0 Å². The molecule has 1 aromatic carbocycles. The number of allylic oxidation sites excluding steroid dienone is 2. The first kappa shape index (κ1) is 29.1. The fraction of sp³-hybridized carbons (Fsp3) is 0.594. The molecule has 212 valence electrons. The Bertz CT molecular complexity index is 1160. The number of aryl methyl sites for hydroxylation is 2. The number of benzene rings is 1. The first-order valence-corrected chi connectivity index (χ1v) is 14.5. The molecule has 7 nitrogen and oxygen atoms in total. The van der Waals surface area contributed by atoms with Crippen molar-refractivity contribution in [2.24, 2.45) is 17.8 Å². The summed E-state index contributed by atoms with van der Waals surface area (Å²) in [5.74, 6) is -1.26. The van der Waals surface area contributed by atoms with E-state index in [1.54, 1.807) is 0 Å². The number of hydrogen-bond donors (Lipinski definition) is 2. The average Bonchev–Trinajstić information content (AvgIpc) is 3.40. The van der Waals surface area contributed by atoms with E-state index in [2.05, 4.69) is 19.9 Å². The van der Waals surface area contributed by atoms with Crippen LogP contribution in [0.3, 0.4) is 0 Å². The molecule has 4 rings (SSSR count). The number of imide groups is 1. The van der Waals surface area contributed by atoms with E-state index in [4.69, 9.17) is 9.84 Å². The van der Waals surface area contributed by atoms with Gasteiger partial charge >= 0.3 is 5.97 Å². The molecule has 0 bridgehead atoms. The van der Waals surface area contributed by atoms with Crippen LogP contribution in [-0.4, -0.2) is 52.2 Å². The molecule has 1 aliphatic carbocycles. The second-order valence-corrected chi connectivity index (χ2v) is 11.6. The number of phenols is 1. The normalized spacial score (nSPS) is 24.9. The number of rotatable bonds is 12. The van der Waals surface area contributed by atoms with Gasteiger partial charge in [0.05, 0.1) is 24.5 Å². The Kier molecular flexibility index (Phi) is 9.31. The molecule has 0 unspecified atom stereocenters. The van der Waals surface area contributed by atoms with Crippen LogP contribution < -0.4 is 0 Å². The number of unbranched alkanes of at least 4 members (excludes halogenated alkanes) is 2. The van der Waals surface area contributed by atoms with Crippen LogP contribution in [-0.2, 0) is 19.1 Å². The van der Waals surface area contributed by atoms with Gasteiger partial charge in [-0.05, 0) is 93.7 Å². The quantitative estimate of drug-likeness (QED) is 0.194. The maximum atomic E-state index is 13.5. The maximum absolute atomic E-state index is 13.5. The standard InChI is InChI=1S/C32H43NO6/c1-5-9-23-17-24-29(32(38)33(31(24)37)13-8-6-7-10-27(34)35)25-18-39-26(28(23)25)12-11-19(2)14-22-15-20(3)30(36)21(4)16-22/h14-16,24-26,29,36H,5-13,17-18H2,1-4H3,(H,34,35)/b19-14+/t24-,25+,26-,29-/m1/s1. The fourth-order valence-corrected chi connectivity index (χ4v) is 6.81. The van der Waals surface area contributed by atoms with E-state index in [0.29, 0.717) is 44.6 Å². The number of carbonyl (C=O) groups is 3. The zero-order valence-corrected chi connectivity index (χ0v) is 23.8. The lowest BCUT2D eigenvalue weighted by molar-refractivity contribution is -0.141. The molecule has 0 saturated carbocycles. The van der Waals surface area contributed by atoms with Gasteiger partial charge in [0.2, 0.25) is 11.8 Å². The Morgan fingerprint density at radius 3 is 2.46 bits per heavy atom. The molecular weight excluding hydrogens is 494 g/mol. The topological polar surface area (TPSA) is 104 Å². The predicted octanol–water partition coefficient (Wildman–Crippen LogP) is 5.95. The molecule has 2 N–H and O–H groups in total. The number of carbonyl (C=O) groups excluding carboxylic acids is 2. The molecule has 0 radical (unpaired) electrons. The highest BCUT2D eigenvalue weighted by molar-refractivity contribution is 6.06. The van der Waals surface area contributed by atoms with Gasteiger partial charge in [-0.1, -0.05) is 37.0 Å². The summed E-state index contributed by atoms with van der Waals surface area (Å²) in [7, 11) is 0. The van der Waals surface area contributed by atoms with Gasteiger partial charge in [0.25, 0.3) is 0 Å². The third kappa shape index (κ3) is 6.29. The van der Waals surface area contributed by atoms with E-state index in [1.807, 2.05) is 26.0 Å². The SMILES string of the molecule is CCCC1=C2[C@@H](CC/C(C)=C/c3cc(C)c(O)c(C)c3)OC[C@@H]2[C@@H]2C(=O)N(CCCCCC(=O)O)C(=O)[C@@H]2C1. The summed E-state index contributed by atoms with van der Waals surface area (Å²) in [4.78, 5) is 39.0. The van der Waals surface area contributed by atoms with Gasteiger partial charge in [-0.3, -0.25) is 19.3 Å². The summed E-state index contributed by atoms with van der Waals surface area (Å²) in [6.45, 7) is 8.96. The predicted molar refractivity (Wildman–Crippen MR) is 150 cm³/mol. The smallest absolute Gasteiger partial charge is 0.303 e. The van der Waals surface area contributed by atoms with E-state index in [1.165, 1.54) is 21.6 Å². The summed E-state index contributed by atoms with van der Waals surface area (Å²) in [5, 5.41) is 18.9. The Morgan fingerprint density at radius 2 is 1.79 bits per heavy atom. The Morgan fingerprint density at radius 1 is 1.08 bits per heavy atom. The van der Waals surface area contributed by atoms with Crippen LogP contribution in [0.15, 0.2) is 28.9 Å². The van der Waals surface area contributed by atoms with Gasteiger partial charge in [-0.2, -0.15) is 0 Å². The van der Waals surface area contributed by atoms with Crippen molar-refractivity contribution in [3.05, 3.63) is 45.5 Å². The number of carboxylic acids is 1. The number of nitrogens with zero attached hydrogens (tertiary/aromatic N) is 1. The second kappa shape index (κ2) is 12.5. The van der Waals surface area contributed by atoms with Gasteiger partial charge < -0.3 is 14.9 Å². The minimum atomic E-state index is -0.816. The summed E-state index contributed by atoms with van der Waals surface area (Å²) < 4.78 is 6.34. The second-order valence-electron chi connectivity index (χ2n) is 11.6. The third-order valence-corrected chi connectivity index (χ3v) is 8.65. The molecule has 2 amide bonds. The molecular formula is C32H43NO6. The van der Waals surface area contributed by atoms with Crippen molar-refractivity contribution >= 4 is 23.9 Å². The Balaban J connectivity index is 1.44. The Hall–Kier alpha value is -2.93. The van der Waals surface area contributed by atoms with Crippen molar-refractivity contribution in [3.63, 3.8) is 0 Å². The minimum Gasteiger partial charge on any atom is -0.507 e. The number of likely N-dealkylation sites (tertiary alicyclic amines) is 1. The number of hydrogen-bond acceptors (Lipinski definition) is 5. The zero-order valence-electron chi connectivity index (χ0n) is 23.8. The molecule has 2 fully saturated rings. The van der Waals surface area contributed by atoms with Crippen LogP contribution in [0.2, 0.25) is 0 Å². The fourth-order valence-electron chi connectivity index (χ4n) is 6.81. The molecule has 3 aliphatic rings. The first-order valence-electron chi connectivity index (χ1n) is 14.5. The molecule has 7 heteroatoms. The summed E-state index contributed by atoms with van der Waals surface area (Å²) in [5.41, 5.74) is 6.63. The van der Waals surface area contributed by atoms with Gasteiger partial charge in [0, 0.05) is 18.9 Å². The molecule has 2 aliphatic heterocycles. The number of fused-ring (bicyclic) bond motifs is 3. The molecule has 2 saturated heterocycles. The van der Waals surface area contributed by atoms with Crippen LogP contribution in [0.1, 0.15) is 88.3 Å². The van der Waals surface area contributed by atoms with Crippen LogP contribution in [0, 0.1) is 31.6 Å². The number of aromatic hydroxyl groups is 1. The first-order chi connectivity index (χ1) is 18.6. The van der Waals surface area contributed by atoms with E-state index in [-0.39, 0.29) is 42.1 Å². The molecule has 0 aromatic heterocycles. The lowest BCUT2D eigenvalue weighted by Gasteiger charge is -2.32. The third-order valence-electron chi connectivity index (χ3n) is 8.65. The number of phenolic OH excluding ortho intramolecular Hbond substituents is 1. The van der Waals surface area contributed by atoms with Gasteiger partial charge in [-0.15, -0.1) is 0 Å². The van der Waals surface area contributed by atoms with Crippen molar-refractivity contribution in [2.75, 3.05) is 13.2 Å². The average molecular weight is 538 g/mol. The van der Waals surface area contributed by atoms with E-state index >= 15 is 0 Å². The summed E-state index contributed by atoms with van der Waals surface area (Å²) in [6.07, 6.45) is 8.39. The molecule has 39 heavy (non-hydrogen) atoms. The van der Waals surface area contributed by atoms with Crippen molar-refractivity contribution in [3.8, 4) is 5.75 Å². The van der Waals surface area contributed by atoms with Crippen LogP contribution in [0.25, 0.3) is 6.08 Å². The highest BCUT2D eigenvalue weighted by atomic mass is 16.5. The number of aliphatic carboxylic acids is 1. The minimum absolute atomic E-state index is 0.0305. The van der Waals surface area contributed by atoms with Crippen LogP contribution in [0.5, 0.6) is 5.75 Å². The lowest BCUT2D eigenvalue weighted by Crippen LogP contribution is -2.34. The number of ether oxygens (including phenoxy) is 1.